The van der Waals surface area contributed by atoms with E-state index in [9.17, 15) is 0 Å². The SMILES string of the molecule is Cc1cc2c(cc1C)[n+](-c1cc(C(C)(C)C)cc(C(C)(C)C)c1)[c-]n2-c1[c-]c(Oc2[c-]c3c(cc2)c2ccccc2n3-c2cc(C(C)(C)C)ccn2)ccn1.[Pt]. The van der Waals surface area contributed by atoms with E-state index in [2.05, 4.69) is 177 Å². The van der Waals surface area contributed by atoms with Crippen LogP contribution in [-0.4, -0.2) is 19.1 Å². The fraction of sp³-hybridized carbons (Fsp3) is 0.286. The Labute approximate surface area is 345 Å². The Bertz CT molecular complexity index is 2740. The Morgan fingerprint density at radius 1 is 0.607 bits per heavy atom. The molecule has 288 valence electrons. The van der Waals surface area contributed by atoms with E-state index in [1.807, 2.05) is 22.9 Å². The summed E-state index contributed by atoms with van der Waals surface area (Å²) >= 11 is 0. The summed E-state index contributed by atoms with van der Waals surface area (Å²) in [5.41, 5.74) is 11.2. The topological polar surface area (TPSA) is 48.8 Å². The number of pyridine rings is 2. The minimum atomic E-state index is -0.0240. The minimum absolute atomic E-state index is 0. The van der Waals surface area contributed by atoms with Crippen molar-refractivity contribution in [2.24, 2.45) is 0 Å². The van der Waals surface area contributed by atoms with E-state index < -0.39 is 0 Å². The zero-order valence-electron chi connectivity index (χ0n) is 34.2. The number of aryl methyl sites for hydroxylation is 2. The van der Waals surface area contributed by atoms with Gasteiger partial charge < -0.3 is 9.30 Å². The number of benzene rings is 4. The fourth-order valence-electron chi connectivity index (χ4n) is 7.15. The molecular weight excluding hydrogens is 870 g/mol. The molecule has 7 heteroatoms. The Morgan fingerprint density at radius 2 is 1.25 bits per heavy atom. The molecule has 0 amide bonds. The van der Waals surface area contributed by atoms with E-state index in [0.29, 0.717) is 17.3 Å². The van der Waals surface area contributed by atoms with E-state index in [0.717, 1.165) is 44.3 Å². The molecule has 0 bridgehead atoms. The second-order valence-electron chi connectivity index (χ2n) is 17.9. The summed E-state index contributed by atoms with van der Waals surface area (Å²) in [4.78, 5) is 9.62. The summed E-state index contributed by atoms with van der Waals surface area (Å²) in [5, 5.41) is 2.22. The molecule has 0 saturated carbocycles. The average molecular weight is 919 g/mol. The minimum Gasteiger partial charge on any atom is -0.522 e. The number of rotatable bonds is 5. The van der Waals surface area contributed by atoms with E-state index in [4.69, 9.17) is 14.7 Å². The maximum Gasteiger partial charge on any atom is 0.269 e. The van der Waals surface area contributed by atoms with Crippen molar-refractivity contribution < 1.29 is 30.4 Å². The average Bonchev–Trinajstić information content (AvgIpc) is 3.66. The fourth-order valence-corrected chi connectivity index (χ4v) is 7.15. The molecule has 8 aromatic rings. The van der Waals surface area contributed by atoms with Gasteiger partial charge in [0, 0.05) is 38.5 Å². The maximum atomic E-state index is 6.55. The predicted molar refractivity (Wildman–Crippen MR) is 223 cm³/mol. The van der Waals surface area contributed by atoms with Gasteiger partial charge in [0.05, 0.1) is 22.5 Å². The number of hydrogen-bond donors (Lipinski definition) is 0. The Hall–Kier alpha value is -5.06. The van der Waals surface area contributed by atoms with E-state index in [-0.39, 0.29) is 37.3 Å². The summed E-state index contributed by atoms with van der Waals surface area (Å²) < 4.78 is 12.9. The molecule has 4 aromatic carbocycles. The molecule has 0 radical (unpaired) electrons. The second kappa shape index (κ2) is 14.1. The first-order valence-electron chi connectivity index (χ1n) is 19.1. The van der Waals surface area contributed by atoms with Crippen LogP contribution in [0.4, 0.5) is 0 Å². The molecule has 0 aliphatic heterocycles. The monoisotopic (exact) mass is 918 g/mol. The zero-order chi connectivity index (χ0) is 39.0. The van der Waals surface area contributed by atoms with Gasteiger partial charge in [0.25, 0.3) is 6.33 Å². The molecule has 0 fully saturated rings. The number of para-hydroxylation sites is 1. The predicted octanol–water partition coefficient (Wildman–Crippen LogP) is 11.5. The molecule has 8 rings (SSSR count). The molecule has 0 aliphatic rings. The Kier molecular flexibility index (Phi) is 9.90. The van der Waals surface area contributed by atoms with Crippen molar-refractivity contribution in [2.75, 3.05) is 0 Å². The smallest absolute Gasteiger partial charge is 0.269 e. The van der Waals surface area contributed by atoms with Gasteiger partial charge in [-0.2, -0.15) is 18.2 Å². The largest absolute Gasteiger partial charge is 0.522 e. The molecule has 0 saturated heterocycles. The number of hydrogen-bond acceptors (Lipinski definition) is 3. The van der Waals surface area contributed by atoms with E-state index >= 15 is 0 Å². The number of ether oxygens (including phenoxy) is 1. The Balaban J connectivity index is 0.00000480. The summed E-state index contributed by atoms with van der Waals surface area (Å²) in [5.74, 6) is 2.55. The first-order chi connectivity index (χ1) is 26.0. The van der Waals surface area contributed by atoms with Gasteiger partial charge >= 0.3 is 0 Å². The van der Waals surface area contributed by atoms with E-state index in [1.54, 1.807) is 6.20 Å². The summed E-state index contributed by atoms with van der Waals surface area (Å²) in [6, 6.07) is 37.0. The van der Waals surface area contributed by atoms with Gasteiger partial charge in [-0.15, -0.1) is 17.5 Å². The molecule has 4 heterocycles. The van der Waals surface area contributed by atoms with Gasteiger partial charge in [-0.25, -0.2) is 4.98 Å². The van der Waals surface area contributed by atoms with Crippen LogP contribution in [0.2, 0.25) is 0 Å². The Morgan fingerprint density at radius 3 is 1.95 bits per heavy atom. The third-order valence-electron chi connectivity index (χ3n) is 10.7. The van der Waals surface area contributed by atoms with Gasteiger partial charge in [-0.1, -0.05) is 109 Å². The van der Waals surface area contributed by atoms with Gasteiger partial charge in [0.1, 0.15) is 5.82 Å². The molecule has 0 aliphatic carbocycles. The standard InChI is InChI=1S/C49H49N5O.Pt/c1-31-22-43-44(23-32(31)2)53(30-52(43)36-25-34(48(6,7)8)24-35(26-36)49(9,10)11)45-29-38(19-21-50-45)55-37-16-17-40-39-14-12-13-15-41(39)54(42(40)28-37)46-27-33(18-20-51-46)47(3,4)5;/h12-27H,1-11H3;/q-2;. The van der Waals surface area contributed by atoms with Crippen LogP contribution in [0.25, 0.3) is 50.2 Å². The van der Waals surface area contributed by atoms with Gasteiger partial charge in [-0.05, 0) is 100 Å². The van der Waals surface area contributed by atoms with Crippen molar-refractivity contribution in [1.29, 1.82) is 0 Å². The van der Waals surface area contributed by atoms with Crippen LogP contribution in [0.15, 0.2) is 97.3 Å². The van der Waals surface area contributed by atoms with Crippen LogP contribution in [0.3, 0.4) is 0 Å². The van der Waals surface area contributed by atoms with Crippen LogP contribution in [-0.2, 0) is 37.3 Å². The molecular formula is C49H49N5OPt-2. The van der Waals surface area contributed by atoms with Crippen LogP contribution >= 0.6 is 0 Å². The first-order valence-corrected chi connectivity index (χ1v) is 19.1. The van der Waals surface area contributed by atoms with Crippen molar-refractivity contribution in [1.82, 2.24) is 19.1 Å². The number of fused-ring (bicyclic) bond motifs is 4. The molecule has 0 atom stereocenters. The number of imidazole rings is 1. The van der Waals surface area contributed by atoms with Crippen LogP contribution in [0, 0.1) is 32.3 Å². The molecule has 0 unspecified atom stereocenters. The summed E-state index contributed by atoms with van der Waals surface area (Å²) in [6.45, 7) is 24.6. The molecule has 0 N–H and O–H groups in total. The third-order valence-corrected chi connectivity index (χ3v) is 10.7. The molecule has 4 aromatic heterocycles. The van der Waals surface area contributed by atoms with Crippen LogP contribution in [0.5, 0.6) is 11.5 Å². The van der Waals surface area contributed by atoms with E-state index in [1.165, 1.54) is 27.8 Å². The second-order valence-corrected chi connectivity index (χ2v) is 17.9. The zero-order valence-corrected chi connectivity index (χ0v) is 36.5. The normalized spacial score (nSPS) is 12.4. The number of nitrogens with zero attached hydrogens (tertiary/aromatic N) is 5. The van der Waals surface area contributed by atoms with Crippen molar-refractivity contribution in [2.45, 2.75) is 92.4 Å². The van der Waals surface area contributed by atoms with Crippen molar-refractivity contribution in [3.8, 4) is 28.8 Å². The number of aromatic nitrogens is 5. The first kappa shape index (κ1) is 39.2. The summed E-state index contributed by atoms with van der Waals surface area (Å²) in [6.07, 6.45) is 7.33. The third kappa shape index (κ3) is 7.20. The maximum absolute atomic E-state index is 6.55. The van der Waals surface area contributed by atoms with Crippen LogP contribution in [0.1, 0.15) is 90.1 Å². The summed E-state index contributed by atoms with van der Waals surface area (Å²) in [7, 11) is 0. The van der Waals surface area contributed by atoms with Gasteiger partial charge in [0.2, 0.25) is 0 Å². The molecule has 0 spiro atoms. The van der Waals surface area contributed by atoms with Crippen molar-refractivity contribution in [3.63, 3.8) is 0 Å². The quantitative estimate of drug-likeness (QED) is 0.128. The van der Waals surface area contributed by atoms with Gasteiger partial charge in [-0.3, -0.25) is 14.1 Å². The van der Waals surface area contributed by atoms with Crippen molar-refractivity contribution in [3.05, 3.63) is 144 Å². The van der Waals surface area contributed by atoms with Crippen molar-refractivity contribution >= 4 is 32.8 Å². The van der Waals surface area contributed by atoms with Crippen LogP contribution < -0.4 is 9.30 Å². The van der Waals surface area contributed by atoms with Gasteiger partial charge in [0.15, 0.2) is 0 Å². The molecule has 56 heavy (non-hydrogen) atoms. The molecule has 6 nitrogen and oxygen atoms in total.